The number of carbonyl (C=O) groups is 2. The summed E-state index contributed by atoms with van der Waals surface area (Å²) in [6, 6.07) is 6.07. The Morgan fingerprint density at radius 2 is 1.85 bits per heavy atom. The monoisotopic (exact) mass is 447 g/mol. The van der Waals surface area contributed by atoms with Crippen LogP contribution in [-0.2, 0) is 4.79 Å². The fourth-order valence-electron chi connectivity index (χ4n) is 4.77. The summed E-state index contributed by atoms with van der Waals surface area (Å²) in [7, 11) is 3.55. The van der Waals surface area contributed by atoms with E-state index in [1.165, 1.54) is 0 Å². The summed E-state index contributed by atoms with van der Waals surface area (Å²) in [6.45, 7) is 1.47. The van der Waals surface area contributed by atoms with Gasteiger partial charge in [0.05, 0.1) is 11.9 Å². The van der Waals surface area contributed by atoms with Gasteiger partial charge in [0.2, 0.25) is 5.95 Å². The summed E-state index contributed by atoms with van der Waals surface area (Å²) in [5.74, 6) is 1.40. The molecule has 3 aromatic rings. The highest BCUT2D eigenvalue weighted by Crippen LogP contribution is 2.35. The smallest absolute Gasteiger partial charge is 0.270 e. The van der Waals surface area contributed by atoms with Gasteiger partial charge in [-0.3, -0.25) is 9.59 Å². The van der Waals surface area contributed by atoms with Gasteiger partial charge in [-0.05, 0) is 31.0 Å². The number of piperidine rings is 1. The van der Waals surface area contributed by atoms with Crippen LogP contribution in [0.4, 0.5) is 17.5 Å². The van der Waals surface area contributed by atoms with Crippen LogP contribution in [0, 0.1) is 0 Å². The number of nitrogens with zero attached hydrogens (tertiary/aromatic N) is 6. The lowest BCUT2D eigenvalue weighted by Gasteiger charge is -2.27. The number of nitrogens with one attached hydrogen (secondary N) is 1. The number of ketones is 1. The van der Waals surface area contributed by atoms with E-state index in [9.17, 15) is 9.59 Å². The molecular weight excluding hydrogens is 418 g/mol. The Morgan fingerprint density at radius 3 is 2.52 bits per heavy atom. The molecule has 4 heterocycles. The van der Waals surface area contributed by atoms with Crippen LogP contribution in [0.2, 0.25) is 0 Å². The molecule has 0 unspecified atom stereocenters. The van der Waals surface area contributed by atoms with Gasteiger partial charge in [0.1, 0.15) is 22.9 Å². The van der Waals surface area contributed by atoms with Gasteiger partial charge in [-0.15, -0.1) is 0 Å². The number of carbonyl (C=O) groups excluding carboxylic acids is 2. The third-order valence-corrected chi connectivity index (χ3v) is 6.57. The number of rotatable bonds is 5. The minimum absolute atomic E-state index is 0.0222. The van der Waals surface area contributed by atoms with E-state index in [-0.39, 0.29) is 11.9 Å². The first-order valence-corrected chi connectivity index (χ1v) is 11.6. The second-order valence-electron chi connectivity index (χ2n) is 9.06. The van der Waals surface area contributed by atoms with Gasteiger partial charge in [-0.1, -0.05) is 12.8 Å². The number of Topliss-reactive ketones (excluding diaryl/α,β-unsaturated/α-hetero) is 1. The molecule has 3 aromatic heterocycles. The first-order valence-electron chi connectivity index (χ1n) is 11.6. The number of fused-ring (bicyclic) bond motifs is 1. The molecule has 1 saturated carbocycles. The molecule has 1 saturated heterocycles. The van der Waals surface area contributed by atoms with Gasteiger partial charge in [0, 0.05) is 57.7 Å². The molecule has 5 rings (SSSR count). The third-order valence-electron chi connectivity index (χ3n) is 6.57. The molecule has 1 N–H and O–H groups in total. The molecule has 2 aliphatic rings. The molecule has 1 aliphatic heterocycles. The zero-order chi connectivity index (χ0) is 22.9. The maximum atomic E-state index is 12.9. The van der Waals surface area contributed by atoms with Crippen molar-refractivity contribution in [2.45, 2.75) is 44.6 Å². The Labute approximate surface area is 192 Å². The van der Waals surface area contributed by atoms with Crippen molar-refractivity contribution >= 4 is 40.2 Å². The van der Waals surface area contributed by atoms with E-state index >= 15 is 0 Å². The molecule has 0 aromatic carbocycles. The fraction of sp³-hybridized carbons (Fsp3) is 0.458. The third kappa shape index (κ3) is 4.27. The summed E-state index contributed by atoms with van der Waals surface area (Å²) in [4.78, 5) is 41.9. The predicted molar refractivity (Wildman–Crippen MR) is 127 cm³/mol. The van der Waals surface area contributed by atoms with Gasteiger partial charge in [-0.2, -0.15) is 4.98 Å². The highest BCUT2D eigenvalue weighted by Gasteiger charge is 2.26. The van der Waals surface area contributed by atoms with Crippen molar-refractivity contribution in [3.8, 4) is 0 Å². The SMILES string of the molecule is CN(C)C(=O)c1cc2cnc(Nc3ccc(N4CCC(=O)CC4)cn3)nc2n1C1CCCC1. The molecule has 2 fully saturated rings. The van der Waals surface area contributed by atoms with E-state index < -0.39 is 0 Å². The molecule has 9 nitrogen and oxygen atoms in total. The maximum absolute atomic E-state index is 12.9. The Bertz CT molecular complexity index is 1170. The summed E-state index contributed by atoms with van der Waals surface area (Å²) in [5, 5.41) is 4.06. The van der Waals surface area contributed by atoms with Crippen molar-refractivity contribution in [1.82, 2.24) is 24.4 Å². The number of hydrogen-bond donors (Lipinski definition) is 1. The number of anilines is 3. The van der Waals surface area contributed by atoms with Crippen molar-refractivity contribution < 1.29 is 9.59 Å². The Hall–Kier alpha value is -3.49. The van der Waals surface area contributed by atoms with Crippen LogP contribution >= 0.6 is 0 Å². The van der Waals surface area contributed by atoms with Crippen molar-refractivity contribution in [2.75, 3.05) is 37.4 Å². The molecule has 0 bridgehead atoms. The Morgan fingerprint density at radius 1 is 1.09 bits per heavy atom. The predicted octanol–water partition coefficient (Wildman–Crippen LogP) is 3.56. The van der Waals surface area contributed by atoms with Crippen LogP contribution in [0.5, 0.6) is 0 Å². The van der Waals surface area contributed by atoms with Crippen molar-refractivity contribution in [2.24, 2.45) is 0 Å². The number of aromatic nitrogens is 4. The zero-order valence-electron chi connectivity index (χ0n) is 19.1. The van der Waals surface area contributed by atoms with Crippen LogP contribution in [-0.4, -0.2) is 63.3 Å². The Kier molecular flexibility index (Phi) is 5.70. The van der Waals surface area contributed by atoms with E-state index in [4.69, 9.17) is 4.98 Å². The molecule has 1 aliphatic carbocycles. The molecule has 0 atom stereocenters. The van der Waals surface area contributed by atoms with Gasteiger partial charge < -0.3 is 19.7 Å². The molecular formula is C24H29N7O2. The lowest BCUT2D eigenvalue weighted by atomic mass is 10.1. The molecule has 172 valence electrons. The second-order valence-corrected chi connectivity index (χ2v) is 9.06. The largest absolute Gasteiger partial charge is 0.369 e. The van der Waals surface area contributed by atoms with Crippen LogP contribution in [0.25, 0.3) is 11.0 Å². The van der Waals surface area contributed by atoms with Gasteiger partial charge in [0.25, 0.3) is 5.91 Å². The first-order chi connectivity index (χ1) is 16.0. The molecule has 1 amide bonds. The standard InChI is InChI=1S/C24H29N7O2/c1-29(2)23(33)20-13-16-14-26-24(28-22(16)31(20)17-5-3-4-6-17)27-21-8-7-18(15-25-21)30-11-9-19(32)10-12-30/h7-8,13-15,17H,3-6,9-12H2,1-2H3,(H,25,26,27,28). The maximum Gasteiger partial charge on any atom is 0.270 e. The van der Waals surface area contributed by atoms with Crippen LogP contribution in [0.3, 0.4) is 0 Å². The van der Waals surface area contributed by atoms with E-state index in [0.717, 1.165) is 55.5 Å². The van der Waals surface area contributed by atoms with Crippen LogP contribution < -0.4 is 10.2 Å². The van der Waals surface area contributed by atoms with Crippen molar-refractivity contribution in [3.63, 3.8) is 0 Å². The molecule has 0 radical (unpaired) electrons. The van der Waals surface area contributed by atoms with Crippen LogP contribution in [0.1, 0.15) is 55.1 Å². The van der Waals surface area contributed by atoms with Gasteiger partial charge in [0.15, 0.2) is 0 Å². The lowest BCUT2D eigenvalue weighted by Crippen LogP contribution is -2.33. The minimum atomic E-state index is -0.0222. The highest BCUT2D eigenvalue weighted by molar-refractivity contribution is 5.98. The normalized spacial score (nSPS) is 17.0. The number of amides is 1. The molecule has 9 heteroatoms. The molecule has 33 heavy (non-hydrogen) atoms. The summed E-state index contributed by atoms with van der Waals surface area (Å²) < 4.78 is 2.10. The van der Waals surface area contributed by atoms with Crippen molar-refractivity contribution in [1.29, 1.82) is 0 Å². The van der Waals surface area contributed by atoms with E-state index in [0.29, 0.717) is 36.1 Å². The first kappa shape index (κ1) is 21.4. The quantitative estimate of drug-likeness (QED) is 0.639. The minimum Gasteiger partial charge on any atom is -0.369 e. The van der Waals surface area contributed by atoms with E-state index in [2.05, 4.69) is 24.8 Å². The zero-order valence-corrected chi connectivity index (χ0v) is 19.1. The van der Waals surface area contributed by atoms with Gasteiger partial charge in [-0.25, -0.2) is 9.97 Å². The van der Waals surface area contributed by atoms with E-state index in [1.807, 2.05) is 24.4 Å². The van der Waals surface area contributed by atoms with E-state index in [1.54, 1.807) is 25.2 Å². The summed E-state index contributed by atoms with van der Waals surface area (Å²) in [5.41, 5.74) is 2.45. The fourth-order valence-corrected chi connectivity index (χ4v) is 4.77. The van der Waals surface area contributed by atoms with Gasteiger partial charge >= 0.3 is 0 Å². The lowest BCUT2D eigenvalue weighted by molar-refractivity contribution is -0.119. The average molecular weight is 448 g/mol. The van der Waals surface area contributed by atoms with Crippen LogP contribution in [0.15, 0.2) is 30.6 Å². The second kappa shape index (κ2) is 8.80. The average Bonchev–Trinajstić information content (AvgIpc) is 3.47. The summed E-state index contributed by atoms with van der Waals surface area (Å²) in [6.07, 6.45) is 9.19. The van der Waals surface area contributed by atoms with Crippen molar-refractivity contribution in [3.05, 3.63) is 36.3 Å². The molecule has 0 spiro atoms. The topological polar surface area (TPSA) is 96.2 Å². The number of hydrogen-bond acceptors (Lipinski definition) is 7. The summed E-state index contributed by atoms with van der Waals surface area (Å²) >= 11 is 0. The Balaban J connectivity index is 1.41. The highest BCUT2D eigenvalue weighted by atomic mass is 16.2. The number of pyridine rings is 1.